The number of allylic oxidation sites excluding steroid dienone is 1. The van der Waals surface area contributed by atoms with Crippen molar-refractivity contribution in [2.75, 3.05) is 0 Å². The van der Waals surface area contributed by atoms with E-state index in [1.54, 1.807) is 0 Å². The van der Waals surface area contributed by atoms with Crippen molar-refractivity contribution in [2.45, 2.75) is 52.4 Å². The van der Waals surface area contributed by atoms with Crippen molar-refractivity contribution in [3.05, 3.63) is 131 Å². The lowest BCUT2D eigenvalue weighted by Gasteiger charge is -2.27. The van der Waals surface area contributed by atoms with E-state index in [1.807, 2.05) is 0 Å². The van der Waals surface area contributed by atoms with Gasteiger partial charge in [-0.25, -0.2) is 9.97 Å². The normalized spacial score (nSPS) is 16.8. The Morgan fingerprint density at radius 2 is 1.49 bits per heavy atom. The quantitative estimate of drug-likeness (QED) is 0.203. The van der Waals surface area contributed by atoms with Crippen LogP contribution >= 0.6 is 0 Å². The van der Waals surface area contributed by atoms with Gasteiger partial charge in [0.1, 0.15) is 0 Å². The highest BCUT2D eigenvalue weighted by atomic mass is 15.2. The van der Waals surface area contributed by atoms with Crippen LogP contribution in [0.1, 0.15) is 72.2 Å². The van der Waals surface area contributed by atoms with Crippen molar-refractivity contribution < 1.29 is 0 Å². The number of hydrogen-bond acceptors (Lipinski definition) is 2. The third-order valence-electron chi connectivity index (χ3n) is 10.6. The number of rotatable bonds is 2. The zero-order valence-corrected chi connectivity index (χ0v) is 26.2. The summed E-state index contributed by atoms with van der Waals surface area (Å²) in [5, 5.41) is 5.07. The average molecular weight is 582 g/mol. The minimum Gasteiger partial charge on any atom is -0.278 e. The van der Waals surface area contributed by atoms with Gasteiger partial charge in [-0.1, -0.05) is 105 Å². The lowest BCUT2D eigenvalue weighted by Crippen LogP contribution is -2.13. The number of hydrogen-bond donors (Lipinski definition) is 0. The molecule has 2 heterocycles. The molecular formula is C42H35N3. The van der Waals surface area contributed by atoms with Crippen LogP contribution in [0.25, 0.3) is 66.9 Å². The van der Waals surface area contributed by atoms with Gasteiger partial charge in [-0.2, -0.15) is 0 Å². The average Bonchev–Trinajstić information content (AvgIpc) is 3.41. The number of aryl methyl sites for hydroxylation is 1. The smallest absolute Gasteiger partial charge is 0.235 e. The molecule has 2 aliphatic rings. The largest absolute Gasteiger partial charge is 0.278 e. The van der Waals surface area contributed by atoms with Crippen LogP contribution in [-0.2, 0) is 0 Å². The molecule has 45 heavy (non-hydrogen) atoms. The molecule has 0 N–H and O–H groups in total. The highest BCUT2D eigenvalue weighted by molar-refractivity contribution is 6.26. The first-order valence-corrected chi connectivity index (χ1v) is 16.3. The van der Waals surface area contributed by atoms with Gasteiger partial charge in [0.2, 0.25) is 5.95 Å². The molecule has 2 aliphatic carbocycles. The Morgan fingerprint density at radius 1 is 0.756 bits per heavy atom. The molecule has 0 saturated heterocycles. The van der Waals surface area contributed by atoms with Crippen molar-refractivity contribution in [1.82, 2.24) is 14.5 Å². The molecule has 2 bridgehead atoms. The van der Waals surface area contributed by atoms with E-state index >= 15 is 0 Å². The Hall–Kier alpha value is -5.02. The van der Waals surface area contributed by atoms with E-state index in [0.29, 0.717) is 5.92 Å². The molecule has 0 amide bonds. The molecule has 2 unspecified atom stereocenters. The van der Waals surface area contributed by atoms with Crippen LogP contribution in [0.2, 0.25) is 0 Å². The van der Waals surface area contributed by atoms with Gasteiger partial charge >= 0.3 is 0 Å². The summed E-state index contributed by atoms with van der Waals surface area (Å²) in [6.07, 6.45) is 6.59. The molecule has 0 radical (unpaired) electrons. The van der Waals surface area contributed by atoms with Crippen LogP contribution in [0, 0.1) is 13.8 Å². The number of benzene rings is 5. The van der Waals surface area contributed by atoms with Crippen LogP contribution in [-0.4, -0.2) is 14.5 Å². The fraction of sp³-hybridized carbons (Fsp3) is 0.190. The molecule has 0 aliphatic heterocycles. The first-order valence-electron chi connectivity index (χ1n) is 16.3. The topological polar surface area (TPSA) is 30.7 Å². The molecule has 0 saturated carbocycles. The van der Waals surface area contributed by atoms with Gasteiger partial charge in [-0.3, -0.25) is 4.57 Å². The zero-order chi connectivity index (χ0) is 30.4. The molecular weight excluding hydrogens is 546 g/mol. The molecule has 7 aromatic rings. The summed E-state index contributed by atoms with van der Waals surface area (Å²) in [6.45, 7) is 9.09. The number of fused-ring (bicyclic) bond motifs is 13. The maximum atomic E-state index is 5.42. The summed E-state index contributed by atoms with van der Waals surface area (Å²) in [5.41, 5.74) is 15.0. The van der Waals surface area contributed by atoms with Crippen LogP contribution in [0.5, 0.6) is 0 Å². The maximum Gasteiger partial charge on any atom is 0.235 e. The lowest BCUT2D eigenvalue weighted by atomic mass is 9.77. The molecule has 0 fully saturated rings. The molecule has 5 aromatic carbocycles. The Morgan fingerprint density at radius 3 is 2.31 bits per heavy atom. The summed E-state index contributed by atoms with van der Waals surface area (Å²) < 4.78 is 2.36. The van der Waals surface area contributed by atoms with Crippen molar-refractivity contribution in [2.24, 2.45) is 0 Å². The third kappa shape index (κ3) is 3.64. The summed E-state index contributed by atoms with van der Waals surface area (Å²) in [6, 6.07) is 33.8. The fourth-order valence-electron chi connectivity index (χ4n) is 8.28. The Balaban J connectivity index is 1.53. The van der Waals surface area contributed by atoms with E-state index in [-0.39, 0.29) is 5.92 Å². The summed E-state index contributed by atoms with van der Waals surface area (Å²) in [4.78, 5) is 10.7. The van der Waals surface area contributed by atoms with Crippen molar-refractivity contribution in [1.29, 1.82) is 0 Å². The van der Waals surface area contributed by atoms with Crippen molar-refractivity contribution in [3.63, 3.8) is 0 Å². The molecule has 0 spiro atoms. The molecule has 3 heteroatoms. The Bertz CT molecular complexity index is 2390. The molecule has 3 nitrogen and oxygen atoms in total. The third-order valence-corrected chi connectivity index (χ3v) is 10.6. The summed E-state index contributed by atoms with van der Waals surface area (Å²) in [5.74, 6) is 1.43. The minimum absolute atomic E-state index is 0.265. The van der Waals surface area contributed by atoms with Crippen molar-refractivity contribution >= 4 is 38.7 Å². The minimum atomic E-state index is 0.265. The van der Waals surface area contributed by atoms with Gasteiger partial charge in [0.25, 0.3) is 0 Å². The van der Waals surface area contributed by atoms with E-state index in [1.165, 1.54) is 71.7 Å². The van der Waals surface area contributed by atoms with Crippen molar-refractivity contribution in [3.8, 4) is 28.2 Å². The summed E-state index contributed by atoms with van der Waals surface area (Å²) >= 11 is 0. The van der Waals surface area contributed by atoms with E-state index in [9.17, 15) is 0 Å². The second kappa shape index (κ2) is 9.74. The van der Waals surface area contributed by atoms with Gasteiger partial charge in [0.05, 0.1) is 22.4 Å². The first kappa shape index (κ1) is 26.4. The maximum absolute atomic E-state index is 5.42. The Kier molecular flexibility index (Phi) is 5.71. The standard InChI is InChI=1S/C42H35N3/c1-5-27-14-12-20-31-26(4)43-42(44-41(27)31)45-36-22-21-28-13-6-7-17-32(28)39(36)40-37(45)23-35-25(3)38(40)34-19-11-9-16-30(34)24(2)29-15-8-10-18-33(29)35/h6-13,15-24,27H,5,14H2,1-4H3. The van der Waals surface area contributed by atoms with Gasteiger partial charge in [-0.05, 0) is 88.5 Å². The predicted molar refractivity (Wildman–Crippen MR) is 188 cm³/mol. The van der Waals surface area contributed by atoms with Gasteiger partial charge < -0.3 is 0 Å². The van der Waals surface area contributed by atoms with E-state index in [2.05, 4.69) is 135 Å². The monoisotopic (exact) mass is 581 g/mol. The SMILES string of the molecule is CCC1CC=Cc2c(C)nc(-n3c4cc5c(C)c(c4c4c6ccccc6ccc43)-c3ccccc3C(C)c3ccccc3-5)nc21. The van der Waals surface area contributed by atoms with Gasteiger partial charge in [-0.15, -0.1) is 0 Å². The molecule has 2 aromatic heterocycles. The second-order valence-corrected chi connectivity index (χ2v) is 12.9. The number of aromatic nitrogens is 3. The van der Waals surface area contributed by atoms with Gasteiger partial charge in [0, 0.05) is 28.2 Å². The molecule has 9 rings (SSSR count). The van der Waals surface area contributed by atoms with Crippen LogP contribution in [0.15, 0.2) is 97.1 Å². The van der Waals surface area contributed by atoms with Crippen LogP contribution in [0.4, 0.5) is 0 Å². The van der Waals surface area contributed by atoms with Crippen LogP contribution in [0.3, 0.4) is 0 Å². The summed E-state index contributed by atoms with van der Waals surface area (Å²) in [7, 11) is 0. The highest BCUT2D eigenvalue weighted by Gasteiger charge is 2.29. The van der Waals surface area contributed by atoms with E-state index in [4.69, 9.17) is 9.97 Å². The zero-order valence-electron chi connectivity index (χ0n) is 26.2. The first-order chi connectivity index (χ1) is 22.0. The number of nitrogens with zero attached hydrogens (tertiary/aromatic N) is 3. The van der Waals surface area contributed by atoms with Crippen LogP contribution < -0.4 is 0 Å². The predicted octanol–water partition coefficient (Wildman–Crippen LogP) is 11.1. The lowest BCUT2D eigenvalue weighted by molar-refractivity contribution is 0.639. The second-order valence-electron chi connectivity index (χ2n) is 12.9. The Labute approximate surface area is 263 Å². The van der Waals surface area contributed by atoms with E-state index in [0.717, 1.165) is 35.5 Å². The highest BCUT2D eigenvalue weighted by Crippen LogP contribution is 2.50. The molecule has 218 valence electrons. The fourth-order valence-corrected chi connectivity index (χ4v) is 8.28. The molecule has 2 atom stereocenters. The van der Waals surface area contributed by atoms with Gasteiger partial charge in [0.15, 0.2) is 0 Å². The van der Waals surface area contributed by atoms with E-state index < -0.39 is 0 Å².